The van der Waals surface area contributed by atoms with Crippen LogP contribution >= 0.6 is 11.6 Å². The van der Waals surface area contributed by atoms with Gasteiger partial charge in [0.25, 0.3) is 5.56 Å². The predicted molar refractivity (Wildman–Crippen MR) is 157 cm³/mol. The molecule has 0 saturated carbocycles. The van der Waals surface area contributed by atoms with Crippen LogP contribution in [0.1, 0.15) is 33.9 Å². The monoisotopic (exact) mass is 603 g/mol. The maximum Gasteiger partial charge on any atom is 0.356 e. The van der Waals surface area contributed by atoms with Crippen molar-refractivity contribution < 1.29 is 23.4 Å². The molecular formula is C31H27ClFN5O5. The van der Waals surface area contributed by atoms with E-state index < -0.39 is 11.8 Å². The van der Waals surface area contributed by atoms with Crippen LogP contribution in [0.4, 0.5) is 4.39 Å². The van der Waals surface area contributed by atoms with Gasteiger partial charge in [0, 0.05) is 40.6 Å². The zero-order chi connectivity index (χ0) is 30.1. The van der Waals surface area contributed by atoms with Gasteiger partial charge in [-0.05, 0) is 49.7 Å². The molecule has 6 rings (SSSR count). The molecule has 0 amide bonds. The summed E-state index contributed by atoms with van der Waals surface area (Å²) in [6.07, 6.45) is 2.59. The normalized spacial score (nSPS) is 14.5. The lowest BCUT2D eigenvalue weighted by atomic mass is 10.1. The summed E-state index contributed by atoms with van der Waals surface area (Å²) >= 11 is 5.83. The third-order valence-corrected chi connectivity index (χ3v) is 7.59. The van der Waals surface area contributed by atoms with Crippen LogP contribution in [0, 0.1) is 12.7 Å². The molecule has 1 atom stereocenters. The van der Waals surface area contributed by atoms with Gasteiger partial charge in [0.15, 0.2) is 11.3 Å². The lowest BCUT2D eigenvalue weighted by Crippen LogP contribution is -2.32. The number of ether oxygens (including phenoxy) is 3. The van der Waals surface area contributed by atoms with Crippen LogP contribution in [0.2, 0.25) is 5.02 Å². The number of imidazole rings is 1. The zero-order valence-electron chi connectivity index (χ0n) is 23.4. The van der Waals surface area contributed by atoms with Gasteiger partial charge in [0.2, 0.25) is 5.88 Å². The van der Waals surface area contributed by atoms with Gasteiger partial charge in [-0.1, -0.05) is 23.7 Å². The molecule has 5 heterocycles. The average molecular weight is 604 g/mol. The Bertz CT molecular complexity index is 1900. The molecule has 12 heteroatoms. The molecule has 10 nitrogen and oxygen atoms in total. The first-order valence-electron chi connectivity index (χ1n) is 13.6. The first kappa shape index (κ1) is 28.5. The van der Waals surface area contributed by atoms with Crippen LogP contribution in [0.3, 0.4) is 0 Å². The minimum absolute atomic E-state index is 0.00248. The molecule has 1 aromatic carbocycles. The number of benzene rings is 1. The van der Waals surface area contributed by atoms with E-state index in [-0.39, 0.29) is 30.5 Å². The van der Waals surface area contributed by atoms with E-state index in [9.17, 15) is 14.0 Å². The van der Waals surface area contributed by atoms with Crippen molar-refractivity contribution in [3.05, 3.63) is 105 Å². The number of methoxy groups -OCH3 is 1. The Morgan fingerprint density at radius 2 is 1.98 bits per heavy atom. The summed E-state index contributed by atoms with van der Waals surface area (Å²) in [5.74, 6) is -0.103. The lowest BCUT2D eigenvalue weighted by molar-refractivity contribution is -0.0591. The fraction of sp³-hybridized carbons (Fsp3) is 0.258. The molecule has 0 bridgehead atoms. The standard InChI is InChI=1S/C31H27ClFN5O5/c1-18-22(24-4-3-5-28(35-24)43-17-19-6-7-20(32)14-23(19)33)10-12-37(30(18)39)16-27-34-25-8-9-26(31(40)41-2)36-29(25)38(27)15-21-11-13-42-21/h3-10,12,14,21H,11,13,15-17H2,1-2H3/t21-/m0/s1. The number of carbonyl (C=O) groups is 1. The van der Waals surface area contributed by atoms with Crippen molar-refractivity contribution in [1.29, 1.82) is 0 Å². The van der Waals surface area contributed by atoms with Crippen LogP contribution < -0.4 is 10.3 Å². The van der Waals surface area contributed by atoms with E-state index in [0.717, 1.165) is 6.42 Å². The lowest BCUT2D eigenvalue weighted by Gasteiger charge is -2.27. The molecule has 0 unspecified atom stereocenters. The summed E-state index contributed by atoms with van der Waals surface area (Å²) < 4.78 is 33.8. The van der Waals surface area contributed by atoms with Crippen LogP contribution in [-0.2, 0) is 29.2 Å². The number of halogens is 2. The minimum atomic E-state index is -0.543. The molecule has 1 aliphatic heterocycles. The fourth-order valence-corrected chi connectivity index (χ4v) is 5.05. The SMILES string of the molecule is COC(=O)c1ccc2nc(Cn3ccc(-c4cccc(OCc5ccc(Cl)cc5F)n4)c(C)c3=O)n(C[C@@H]3CCO3)c2n1. The first-order valence-corrected chi connectivity index (χ1v) is 14.0. The zero-order valence-corrected chi connectivity index (χ0v) is 24.2. The minimum Gasteiger partial charge on any atom is -0.473 e. The quantitative estimate of drug-likeness (QED) is 0.218. The maximum atomic E-state index is 14.2. The van der Waals surface area contributed by atoms with Gasteiger partial charge in [-0.2, -0.15) is 0 Å². The number of hydrogen-bond acceptors (Lipinski definition) is 8. The Hall–Kier alpha value is -4.61. The van der Waals surface area contributed by atoms with E-state index >= 15 is 0 Å². The molecule has 1 saturated heterocycles. The van der Waals surface area contributed by atoms with E-state index in [1.807, 2.05) is 10.6 Å². The predicted octanol–water partition coefficient (Wildman–Crippen LogP) is 4.96. The molecule has 0 aliphatic carbocycles. The van der Waals surface area contributed by atoms with Gasteiger partial charge >= 0.3 is 5.97 Å². The number of carbonyl (C=O) groups excluding carboxylic acids is 1. The van der Waals surface area contributed by atoms with E-state index in [1.165, 1.54) is 13.2 Å². The molecule has 0 radical (unpaired) electrons. The van der Waals surface area contributed by atoms with Crippen LogP contribution in [-0.4, -0.2) is 49.9 Å². The van der Waals surface area contributed by atoms with E-state index in [0.29, 0.717) is 63.4 Å². The second kappa shape index (κ2) is 11.9. The highest BCUT2D eigenvalue weighted by atomic mass is 35.5. The van der Waals surface area contributed by atoms with Gasteiger partial charge < -0.3 is 23.3 Å². The average Bonchev–Trinajstić information content (AvgIpc) is 3.32. The highest BCUT2D eigenvalue weighted by Crippen LogP contribution is 2.24. The largest absolute Gasteiger partial charge is 0.473 e. The van der Waals surface area contributed by atoms with Crippen LogP contribution in [0.25, 0.3) is 22.4 Å². The molecular weight excluding hydrogens is 577 g/mol. The summed E-state index contributed by atoms with van der Waals surface area (Å²) in [6.45, 7) is 3.07. The van der Waals surface area contributed by atoms with Gasteiger partial charge in [-0.15, -0.1) is 0 Å². The van der Waals surface area contributed by atoms with Crippen LogP contribution in [0.5, 0.6) is 5.88 Å². The fourth-order valence-electron chi connectivity index (χ4n) is 4.89. The Balaban J connectivity index is 1.27. The van der Waals surface area contributed by atoms with Crippen molar-refractivity contribution >= 4 is 28.7 Å². The summed E-state index contributed by atoms with van der Waals surface area (Å²) in [5.41, 5.74) is 3.11. The van der Waals surface area contributed by atoms with Gasteiger partial charge in [0.05, 0.1) is 32.0 Å². The van der Waals surface area contributed by atoms with Crippen molar-refractivity contribution in [1.82, 2.24) is 24.1 Å². The second-order valence-corrected chi connectivity index (χ2v) is 10.6. The number of nitrogens with zero attached hydrogens (tertiary/aromatic N) is 5. The number of pyridine rings is 3. The first-order chi connectivity index (χ1) is 20.8. The van der Waals surface area contributed by atoms with E-state index in [2.05, 4.69) is 9.97 Å². The van der Waals surface area contributed by atoms with E-state index in [4.69, 9.17) is 30.8 Å². The van der Waals surface area contributed by atoms with Gasteiger partial charge in [0.1, 0.15) is 23.8 Å². The smallest absolute Gasteiger partial charge is 0.356 e. The highest BCUT2D eigenvalue weighted by molar-refractivity contribution is 6.30. The Labute approximate surface area is 250 Å². The Morgan fingerprint density at radius 3 is 2.72 bits per heavy atom. The third-order valence-electron chi connectivity index (χ3n) is 7.35. The topological polar surface area (TPSA) is 110 Å². The maximum absolute atomic E-state index is 14.2. The number of fused-ring (bicyclic) bond motifs is 1. The summed E-state index contributed by atoms with van der Waals surface area (Å²) in [6, 6.07) is 14.7. The second-order valence-electron chi connectivity index (χ2n) is 10.1. The molecule has 220 valence electrons. The van der Waals surface area contributed by atoms with E-state index in [1.54, 1.807) is 60.2 Å². The molecule has 0 N–H and O–H groups in total. The Kier molecular flexibility index (Phi) is 7.92. The molecule has 1 fully saturated rings. The van der Waals surface area contributed by atoms with Crippen molar-refractivity contribution in [2.24, 2.45) is 0 Å². The number of esters is 1. The molecule has 5 aromatic rings. The summed E-state index contributed by atoms with van der Waals surface area (Å²) in [4.78, 5) is 39.4. The van der Waals surface area contributed by atoms with Crippen molar-refractivity contribution in [3.8, 4) is 17.1 Å². The molecule has 1 aliphatic rings. The molecule has 0 spiro atoms. The van der Waals surface area contributed by atoms with Crippen molar-refractivity contribution in [2.45, 2.75) is 39.1 Å². The number of hydrogen-bond donors (Lipinski definition) is 0. The molecule has 4 aromatic heterocycles. The highest BCUT2D eigenvalue weighted by Gasteiger charge is 2.24. The summed E-state index contributed by atoms with van der Waals surface area (Å²) in [5, 5.41) is 0.306. The Morgan fingerprint density at radius 1 is 1.14 bits per heavy atom. The van der Waals surface area contributed by atoms with Gasteiger partial charge in [-0.25, -0.2) is 24.1 Å². The van der Waals surface area contributed by atoms with Gasteiger partial charge in [-0.3, -0.25) is 4.79 Å². The van der Waals surface area contributed by atoms with Crippen molar-refractivity contribution in [2.75, 3.05) is 13.7 Å². The number of rotatable bonds is 9. The number of aromatic nitrogens is 5. The molecule has 43 heavy (non-hydrogen) atoms. The summed E-state index contributed by atoms with van der Waals surface area (Å²) in [7, 11) is 1.30. The van der Waals surface area contributed by atoms with Crippen LogP contribution in [0.15, 0.2) is 65.6 Å². The third kappa shape index (κ3) is 5.86. The van der Waals surface area contributed by atoms with Crippen molar-refractivity contribution in [3.63, 3.8) is 0 Å².